The molecule has 2 N–H and O–H groups in total. The Labute approximate surface area is 373 Å². The fourth-order valence-electron chi connectivity index (χ4n) is 7.86. The van der Waals surface area contributed by atoms with Crippen LogP contribution in [0, 0.1) is 0 Å². The van der Waals surface area contributed by atoms with Crippen LogP contribution in [-0.4, -0.2) is 68.5 Å². The highest BCUT2D eigenvalue weighted by Crippen LogP contribution is 2.38. The summed E-state index contributed by atoms with van der Waals surface area (Å²) >= 11 is 0. The number of likely N-dealkylation sites (N-methyl/N-ethyl adjacent to an activating group) is 1. The first-order valence-corrected chi connectivity index (χ1v) is 27.5. The number of carbonyl (C=O) groups excluding carboxylic acids is 1. The quantitative estimate of drug-likeness (QED) is 0.0273. The van der Waals surface area contributed by atoms with Gasteiger partial charge in [0.05, 0.1) is 39.9 Å². The van der Waals surface area contributed by atoms with Crippen LogP contribution in [0.4, 0.5) is 0 Å². The Morgan fingerprint density at radius 2 is 0.917 bits per heavy atom. The highest BCUT2D eigenvalue weighted by atomic mass is 31.2. The number of hydrogen-bond donors (Lipinski definition) is 2. The molecule has 60 heavy (non-hydrogen) atoms. The topological polar surface area (TPSA) is 108 Å². The Kier molecular flexibility index (Phi) is 42.9. The highest BCUT2D eigenvalue weighted by Gasteiger charge is 2.24. The van der Waals surface area contributed by atoms with Gasteiger partial charge in [-0.05, 0) is 38.5 Å². The number of phosphoric ester groups is 1. The summed E-state index contributed by atoms with van der Waals surface area (Å²) in [5.74, 6) is -0.161. The third-order valence-corrected chi connectivity index (χ3v) is 13.0. The zero-order valence-corrected chi connectivity index (χ0v) is 41.6. The van der Waals surface area contributed by atoms with Crippen molar-refractivity contribution in [3.05, 3.63) is 12.2 Å². The molecule has 0 heterocycles. The molecule has 0 spiro atoms. The van der Waals surface area contributed by atoms with Crippen LogP contribution < -0.4 is 10.2 Å². The largest absolute Gasteiger partial charge is 0.756 e. The average Bonchev–Trinajstić information content (AvgIpc) is 3.20. The maximum atomic E-state index is 12.9. The predicted octanol–water partition coefficient (Wildman–Crippen LogP) is 14.5. The Morgan fingerprint density at radius 1 is 0.567 bits per heavy atom. The van der Waals surface area contributed by atoms with Crippen molar-refractivity contribution in [2.75, 3.05) is 40.9 Å². The summed E-state index contributed by atoms with van der Waals surface area (Å²) in [5, 5.41) is 14.0. The molecule has 0 bridgehead atoms. The number of aliphatic hydroxyl groups is 1. The Balaban J connectivity index is 4.18. The second-order valence-electron chi connectivity index (χ2n) is 19.2. The zero-order valence-electron chi connectivity index (χ0n) is 40.7. The van der Waals surface area contributed by atoms with Crippen LogP contribution in [0.3, 0.4) is 0 Å². The first-order chi connectivity index (χ1) is 29.0. The van der Waals surface area contributed by atoms with Gasteiger partial charge in [-0.3, -0.25) is 9.36 Å². The number of phosphoric acid groups is 1. The smallest absolute Gasteiger partial charge is 0.268 e. The lowest BCUT2D eigenvalue weighted by Crippen LogP contribution is -2.46. The molecular formula is C51H103N2O6P. The normalized spacial score (nSPS) is 14.2. The van der Waals surface area contributed by atoms with E-state index < -0.39 is 20.0 Å². The fraction of sp³-hybridized carbons (Fsp3) is 0.941. The molecule has 0 aromatic carbocycles. The molecule has 0 fully saturated rings. The molecular weight excluding hydrogens is 768 g/mol. The number of nitrogens with zero attached hydrogens (tertiary/aromatic N) is 1. The van der Waals surface area contributed by atoms with E-state index in [9.17, 15) is 19.4 Å². The van der Waals surface area contributed by atoms with Crippen molar-refractivity contribution in [1.29, 1.82) is 0 Å². The molecule has 0 rings (SSSR count). The van der Waals surface area contributed by atoms with Gasteiger partial charge in [-0.2, -0.15) is 0 Å². The van der Waals surface area contributed by atoms with Gasteiger partial charge in [-0.25, -0.2) is 0 Å². The number of nitrogens with one attached hydrogen (secondary N) is 1. The molecule has 3 atom stereocenters. The SMILES string of the molecule is CCCCCCCC/C=C/CCCCCCCCCCCCCCCC(=O)N[C@@H](COP(=O)([O-])OCC[N+](C)(C)C)[C@H](O)CCCCCCCCCCCCCCCCC. The van der Waals surface area contributed by atoms with Crippen molar-refractivity contribution in [1.82, 2.24) is 5.32 Å². The van der Waals surface area contributed by atoms with E-state index in [0.29, 0.717) is 23.9 Å². The van der Waals surface area contributed by atoms with Gasteiger partial charge >= 0.3 is 0 Å². The summed E-state index contributed by atoms with van der Waals surface area (Å²) in [6.07, 6.45) is 50.8. The second kappa shape index (κ2) is 43.5. The van der Waals surface area contributed by atoms with E-state index in [0.717, 1.165) is 38.5 Å². The fourth-order valence-corrected chi connectivity index (χ4v) is 8.58. The number of quaternary nitrogens is 1. The molecule has 0 saturated heterocycles. The Hall–Kier alpha value is -0.760. The summed E-state index contributed by atoms with van der Waals surface area (Å²) in [6, 6.07) is -0.796. The molecule has 8 nitrogen and oxygen atoms in total. The summed E-state index contributed by atoms with van der Waals surface area (Å²) in [4.78, 5) is 25.4. The van der Waals surface area contributed by atoms with E-state index in [1.54, 1.807) is 0 Å². The lowest BCUT2D eigenvalue weighted by atomic mass is 10.0. The van der Waals surface area contributed by atoms with Gasteiger partial charge in [0.2, 0.25) is 5.91 Å². The summed E-state index contributed by atoms with van der Waals surface area (Å²) < 4.78 is 23.3. The number of allylic oxidation sites excluding steroid dienone is 2. The lowest BCUT2D eigenvalue weighted by Gasteiger charge is -2.30. The van der Waals surface area contributed by atoms with Gasteiger partial charge in [0, 0.05) is 6.42 Å². The monoisotopic (exact) mass is 871 g/mol. The van der Waals surface area contributed by atoms with Crippen molar-refractivity contribution in [3.63, 3.8) is 0 Å². The van der Waals surface area contributed by atoms with Gasteiger partial charge < -0.3 is 28.8 Å². The molecule has 0 aromatic rings. The molecule has 1 unspecified atom stereocenters. The summed E-state index contributed by atoms with van der Waals surface area (Å²) in [7, 11) is 1.32. The third-order valence-electron chi connectivity index (χ3n) is 12.0. The number of amides is 1. The number of carbonyl (C=O) groups is 1. The van der Waals surface area contributed by atoms with Crippen molar-refractivity contribution >= 4 is 13.7 Å². The van der Waals surface area contributed by atoms with Gasteiger partial charge in [-0.15, -0.1) is 0 Å². The van der Waals surface area contributed by atoms with E-state index in [4.69, 9.17) is 9.05 Å². The lowest BCUT2D eigenvalue weighted by molar-refractivity contribution is -0.870. The first-order valence-electron chi connectivity index (χ1n) is 26.0. The minimum atomic E-state index is -4.56. The summed E-state index contributed by atoms with van der Waals surface area (Å²) in [6.45, 7) is 4.75. The average molecular weight is 871 g/mol. The first kappa shape index (κ1) is 59.2. The molecule has 0 aliphatic heterocycles. The molecule has 0 aromatic heterocycles. The molecule has 0 radical (unpaired) electrons. The number of aliphatic hydroxyl groups excluding tert-OH is 1. The standard InChI is InChI=1S/C51H103N2O6P/c1-6-8-10-12-14-16-18-20-22-23-24-25-26-27-28-29-31-33-35-37-39-41-43-45-51(55)52-49(48-59-60(56,57)58-47-46-53(3,4)5)50(54)44-42-40-38-36-34-32-30-21-19-17-15-13-11-9-7-2/h20,22,49-50,54H,6-19,21,23-48H2,1-5H3,(H-,52,55,56,57)/b22-20+/t49-,50+/m0/s1. The Morgan fingerprint density at radius 3 is 1.30 bits per heavy atom. The summed E-state index contributed by atoms with van der Waals surface area (Å²) in [5.41, 5.74) is 0. The van der Waals surface area contributed by atoms with Gasteiger partial charge in [-0.1, -0.05) is 225 Å². The van der Waals surface area contributed by atoms with Crippen LogP contribution in [-0.2, 0) is 18.4 Å². The molecule has 358 valence electrons. The van der Waals surface area contributed by atoms with Gasteiger partial charge in [0.1, 0.15) is 13.2 Å². The van der Waals surface area contributed by atoms with Crippen molar-refractivity contribution in [2.45, 2.75) is 270 Å². The van der Waals surface area contributed by atoms with Crippen LogP contribution >= 0.6 is 7.82 Å². The predicted molar refractivity (Wildman–Crippen MR) is 256 cm³/mol. The van der Waals surface area contributed by atoms with Crippen molar-refractivity contribution in [3.8, 4) is 0 Å². The van der Waals surface area contributed by atoms with Gasteiger partial charge in [0.15, 0.2) is 0 Å². The maximum absolute atomic E-state index is 12.9. The van der Waals surface area contributed by atoms with Crippen molar-refractivity contribution < 1.29 is 32.9 Å². The van der Waals surface area contributed by atoms with Crippen LogP contribution in [0.15, 0.2) is 12.2 Å². The van der Waals surface area contributed by atoms with E-state index in [1.807, 2.05) is 21.1 Å². The number of hydrogen-bond acceptors (Lipinski definition) is 6. The van der Waals surface area contributed by atoms with E-state index >= 15 is 0 Å². The van der Waals surface area contributed by atoms with Crippen LogP contribution in [0.25, 0.3) is 0 Å². The van der Waals surface area contributed by atoms with Crippen LogP contribution in [0.5, 0.6) is 0 Å². The molecule has 1 amide bonds. The van der Waals surface area contributed by atoms with E-state index in [1.165, 1.54) is 193 Å². The molecule has 0 saturated carbocycles. The third kappa shape index (κ3) is 45.3. The molecule has 9 heteroatoms. The minimum absolute atomic E-state index is 0.0147. The van der Waals surface area contributed by atoms with Crippen LogP contribution in [0.1, 0.15) is 258 Å². The maximum Gasteiger partial charge on any atom is 0.268 e. The van der Waals surface area contributed by atoms with E-state index in [2.05, 4.69) is 31.3 Å². The number of rotatable bonds is 48. The van der Waals surface area contributed by atoms with Crippen molar-refractivity contribution in [2.24, 2.45) is 0 Å². The second-order valence-corrected chi connectivity index (χ2v) is 20.6. The zero-order chi connectivity index (χ0) is 44.3. The number of unbranched alkanes of at least 4 members (excludes halogenated alkanes) is 33. The Bertz CT molecular complexity index is 989. The minimum Gasteiger partial charge on any atom is -0.756 e. The highest BCUT2D eigenvalue weighted by molar-refractivity contribution is 7.45. The van der Waals surface area contributed by atoms with Crippen LogP contribution in [0.2, 0.25) is 0 Å². The molecule has 0 aliphatic carbocycles. The van der Waals surface area contributed by atoms with Gasteiger partial charge in [0.25, 0.3) is 7.82 Å². The molecule has 0 aliphatic rings. The van der Waals surface area contributed by atoms with E-state index in [-0.39, 0.29) is 19.1 Å².